The zero-order chi connectivity index (χ0) is 20.0. The minimum atomic E-state index is -0.789. The summed E-state index contributed by atoms with van der Waals surface area (Å²) in [4.78, 5) is 13.3. The summed E-state index contributed by atoms with van der Waals surface area (Å²) in [5, 5.41) is 7.32. The first kappa shape index (κ1) is 18.0. The number of para-hydroxylation sites is 1. The van der Waals surface area contributed by atoms with Gasteiger partial charge in [0.05, 0.1) is 11.8 Å². The molecule has 2 aliphatic rings. The van der Waals surface area contributed by atoms with Crippen molar-refractivity contribution in [2.45, 2.75) is 25.6 Å². The van der Waals surface area contributed by atoms with Crippen LogP contribution in [0.4, 0.5) is 0 Å². The number of halogens is 1. The van der Waals surface area contributed by atoms with E-state index in [0.29, 0.717) is 17.0 Å². The summed E-state index contributed by atoms with van der Waals surface area (Å²) in [6.45, 7) is 2.00. The molecule has 0 fully saturated rings. The molecule has 3 aromatic rings. The average Bonchev–Trinajstić information content (AvgIpc) is 3.19. The minimum Gasteiger partial charge on any atom is -0.461 e. The molecule has 2 aliphatic heterocycles. The number of hydrogen-bond donors (Lipinski definition) is 0. The predicted octanol–water partition coefficient (Wildman–Crippen LogP) is 5.40. The van der Waals surface area contributed by atoms with Gasteiger partial charge in [-0.1, -0.05) is 71.8 Å². The van der Waals surface area contributed by atoms with E-state index < -0.39 is 6.23 Å². The van der Waals surface area contributed by atoms with E-state index >= 15 is 0 Å². The smallest absolute Gasteiger partial charge is 0.251 e. The van der Waals surface area contributed by atoms with E-state index in [-0.39, 0.29) is 11.8 Å². The van der Waals surface area contributed by atoms with Gasteiger partial charge in [-0.2, -0.15) is 5.10 Å². The molecule has 0 spiro atoms. The Hall–Kier alpha value is -3.11. The summed E-state index contributed by atoms with van der Waals surface area (Å²) < 4.78 is 6.14. The molecule has 0 bridgehead atoms. The van der Waals surface area contributed by atoms with Crippen LogP contribution in [0.5, 0.6) is 5.75 Å². The summed E-state index contributed by atoms with van der Waals surface area (Å²) in [6, 6.07) is 23.0. The van der Waals surface area contributed by atoms with Gasteiger partial charge < -0.3 is 4.74 Å². The van der Waals surface area contributed by atoms with Gasteiger partial charge in [0.2, 0.25) is 5.78 Å². The SMILES string of the molecule is Cc1ccc(C(=O)[C@@H]2Oc3ccccc3[C@H]3CC(c4ccc(Cl)cc4)=NN32)cc1. The lowest BCUT2D eigenvalue weighted by atomic mass is 9.95. The number of hydrogen-bond acceptors (Lipinski definition) is 4. The lowest BCUT2D eigenvalue weighted by molar-refractivity contribution is -0.00455. The number of nitrogens with zero attached hydrogens (tertiary/aromatic N) is 2. The summed E-state index contributed by atoms with van der Waals surface area (Å²) in [6.07, 6.45) is -0.0814. The van der Waals surface area contributed by atoms with Crippen LogP contribution in [0.1, 0.15) is 39.5 Å². The summed E-state index contributed by atoms with van der Waals surface area (Å²) in [5.41, 5.74) is 4.71. The van der Waals surface area contributed by atoms with E-state index in [2.05, 4.69) is 0 Å². The zero-order valence-electron chi connectivity index (χ0n) is 15.9. The number of carbonyl (C=O) groups is 1. The van der Waals surface area contributed by atoms with Crippen molar-refractivity contribution in [3.63, 3.8) is 0 Å². The van der Waals surface area contributed by atoms with Crippen LogP contribution >= 0.6 is 11.6 Å². The van der Waals surface area contributed by atoms with Crippen LogP contribution < -0.4 is 4.74 Å². The number of carbonyl (C=O) groups excluding carboxylic acids is 1. The first-order valence-corrected chi connectivity index (χ1v) is 9.96. The maximum Gasteiger partial charge on any atom is 0.251 e. The Kier molecular flexibility index (Phi) is 4.36. The van der Waals surface area contributed by atoms with Crippen LogP contribution in [0.2, 0.25) is 5.02 Å². The Morgan fingerprint density at radius 1 is 1.03 bits per heavy atom. The van der Waals surface area contributed by atoms with Crippen LogP contribution in [0.15, 0.2) is 77.9 Å². The van der Waals surface area contributed by atoms with Gasteiger partial charge in [0, 0.05) is 22.6 Å². The molecule has 2 heterocycles. The largest absolute Gasteiger partial charge is 0.461 e. The molecular weight excluding hydrogens is 384 g/mol. The molecule has 3 aromatic carbocycles. The molecule has 0 radical (unpaired) electrons. The van der Waals surface area contributed by atoms with E-state index in [0.717, 1.165) is 28.2 Å². The van der Waals surface area contributed by atoms with Gasteiger partial charge in [-0.25, -0.2) is 5.01 Å². The molecule has 0 saturated heterocycles. The number of ether oxygens (including phenoxy) is 1. The third kappa shape index (κ3) is 3.19. The van der Waals surface area contributed by atoms with Gasteiger partial charge >= 0.3 is 0 Å². The van der Waals surface area contributed by atoms with Crippen LogP contribution in [0, 0.1) is 6.92 Å². The second-order valence-electron chi connectivity index (χ2n) is 7.39. The van der Waals surface area contributed by atoms with E-state index in [1.165, 1.54) is 0 Å². The number of aryl methyl sites for hydroxylation is 1. The first-order valence-electron chi connectivity index (χ1n) is 9.58. The highest BCUT2D eigenvalue weighted by atomic mass is 35.5. The molecule has 0 unspecified atom stereocenters. The van der Waals surface area contributed by atoms with E-state index in [9.17, 15) is 4.79 Å². The first-order chi connectivity index (χ1) is 14.1. The molecule has 5 rings (SSSR count). The molecule has 144 valence electrons. The van der Waals surface area contributed by atoms with Crippen LogP contribution in [0.25, 0.3) is 0 Å². The number of ketones is 1. The number of rotatable bonds is 3. The van der Waals surface area contributed by atoms with Crippen molar-refractivity contribution >= 4 is 23.1 Å². The van der Waals surface area contributed by atoms with Crippen molar-refractivity contribution in [3.05, 3.63) is 100 Å². The molecule has 0 amide bonds. The number of fused-ring (bicyclic) bond motifs is 3. The van der Waals surface area contributed by atoms with Gasteiger partial charge in [0.1, 0.15) is 5.75 Å². The highest BCUT2D eigenvalue weighted by Crippen LogP contribution is 2.43. The minimum absolute atomic E-state index is 0.0370. The standard InChI is InChI=1S/C24H19ClN2O2/c1-15-6-8-17(9-7-15)23(28)24-27-21(19-4-2-3-5-22(19)29-24)14-20(26-27)16-10-12-18(25)13-11-16/h2-13,21,24H,14H2,1H3/t21-,24+/m1/s1. The molecular formula is C24H19ClN2O2. The van der Waals surface area contributed by atoms with Gasteiger partial charge in [-0.3, -0.25) is 4.79 Å². The number of Topliss-reactive ketones (excluding diaryl/α,β-unsaturated/α-hetero) is 1. The lowest BCUT2D eigenvalue weighted by Gasteiger charge is -2.37. The van der Waals surface area contributed by atoms with Gasteiger partial charge in [-0.15, -0.1) is 0 Å². The molecule has 29 heavy (non-hydrogen) atoms. The molecule has 2 atom stereocenters. The van der Waals surface area contributed by atoms with Crippen LogP contribution in [0.3, 0.4) is 0 Å². The summed E-state index contributed by atoms with van der Waals surface area (Å²) >= 11 is 6.04. The van der Waals surface area contributed by atoms with Crippen LogP contribution in [-0.4, -0.2) is 22.7 Å². The molecule has 5 heteroatoms. The van der Waals surface area contributed by atoms with E-state index in [1.54, 1.807) is 0 Å². The van der Waals surface area contributed by atoms with Crippen molar-refractivity contribution in [1.29, 1.82) is 0 Å². The predicted molar refractivity (Wildman–Crippen MR) is 114 cm³/mol. The number of hydrazone groups is 1. The second kappa shape index (κ2) is 7.05. The highest BCUT2D eigenvalue weighted by molar-refractivity contribution is 6.30. The second-order valence-corrected chi connectivity index (χ2v) is 7.83. The number of benzene rings is 3. The van der Waals surface area contributed by atoms with Crippen molar-refractivity contribution in [1.82, 2.24) is 5.01 Å². The Bertz CT molecular complexity index is 1110. The van der Waals surface area contributed by atoms with Crippen molar-refractivity contribution in [2.24, 2.45) is 5.10 Å². The van der Waals surface area contributed by atoms with E-state index in [1.807, 2.05) is 84.7 Å². The topological polar surface area (TPSA) is 41.9 Å². The van der Waals surface area contributed by atoms with Crippen LogP contribution in [-0.2, 0) is 0 Å². The monoisotopic (exact) mass is 402 g/mol. The summed E-state index contributed by atoms with van der Waals surface area (Å²) in [7, 11) is 0. The fourth-order valence-corrected chi connectivity index (χ4v) is 4.01. The molecule has 0 aliphatic carbocycles. The van der Waals surface area contributed by atoms with Crippen molar-refractivity contribution in [2.75, 3.05) is 0 Å². The maximum atomic E-state index is 13.3. The molecule has 4 nitrogen and oxygen atoms in total. The van der Waals surface area contributed by atoms with Gasteiger partial charge in [-0.05, 0) is 30.7 Å². The van der Waals surface area contributed by atoms with Gasteiger partial charge in [0.25, 0.3) is 6.23 Å². The normalized spacial score (nSPS) is 19.8. The maximum absolute atomic E-state index is 13.3. The molecule has 0 aromatic heterocycles. The fourth-order valence-electron chi connectivity index (χ4n) is 3.88. The zero-order valence-corrected chi connectivity index (χ0v) is 16.6. The van der Waals surface area contributed by atoms with Crippen molar-refractivity contribution in [3.8, 4) is 5.75 Å². The molecule has 0 saturated carbocycles. The summed E-state index contributed by atoms with van der Waals surface area (Å²) in [5.74, 6) is 0.650. The third-order valence-electron chi connectivity index (χ3n) is 5.44. The Balaban J connectivity index is 1.55. The van der Waals surface area contributed by atoms with E-state index in [4.69, 9.17) is 21.4 Å². The Morgan fingerprint density at radius 3 is 2.52 bits per heavy atom. The quantitative estimate of drug-likeness (QED) is 0.551. The molecule has 0 N–H and O–H groups in total. The average molecular weight is 403 g/mol. The van der Waals surface area contributed by atoms with Gasteiger partial charge in [0.15, 0.2) is 0 Å². The van der Waals surface area contributed by atoms with Crippen molar-refractivity contribution < 1.29 is 9.53 Å². The fraction of sp³-hybridized carbons (Fsp3) is 0.167. The lowest BCUT2D eigenvalue weighted by Crippen LogP contribution is -2.45. The Labute approximate surface area is 174 Å². The Morgan fingerprint density at radius 2 is 1.76 bits per heavy atom. The third-order valence-corrected chi connectivity index (χ3v) is 5.69. The highest BCUT2D eigenvalue weighted by Gasteiger charge is 2.43.